The van der Waals surface area contributed by atoms with E-state index in [-0.39, 0.29) is 12.7 Å². The smallest absolute Gasteiger partial charge is 0.271 e. The Hall–Kier alpha value is -2.34. The van der Waals surface area contributed by atoms with Crippen LogP contribution in [-0.2, 0) is 0 Å². The number of carbonyl (C=O) groups is 1. The van der Waals surface area contributed by atoms with Crippen LogP contribution in [0.1, 0.15) is 35.0 Å². The maximum atomic E-state index is 12.2. The topological polar surface area (TPSA) is 59.9 Å². The van der Waals surface area contributed by atoms with Crippen molar-refractivity contribution in [3.63, 3.8) is 0 Å². The van der Waals surface area contributed by atoms with Gasteiger partial charge in [-0.25, -0.2) is 5.43 Å². The van der Waals surface area contributed by atoms with E-state index < -0.39 is 0 Å². The lowest BCUT2D eigenvalue weighted by molar-refractivity contribution is 0.0954. The molecule has 0 radical (unpaired) electrons. The van der Waals surface area contributed by atoms with Crippen molar-refractivity contribution < 1.29 is 14.3 Å². The number of benzene rings is 1. The predicted molar refractivity (Wildman–Crippen MR) is 85.8 cm³/mol. The molecule has 1 amide bonds. The molecule has 5 nitrogen and oxygen atoms in total. The highest BCUT2D eigenvalue weighted by atomic mass is 32.1. The van der Waals surface area contributed by atoms with Crippen LogP contribution in [0.4, 0.5) is 0 Å². The molecule has 0 saturated carbocycles. The van der Waals surface area contributed by atoms with Crippen LogP contribution in [-0.4, -0.2) is 18.4 Å². The summed E-state index contributed by atoms with van der Waals surface area (Å²) < 4.78 is 10.5. The average Bonchev–Trinajstić information content (AvgIpc) is 3.21. The number of hydrogen-bond acceptors (Lipinski definition) is 5. The third kappa shape index (κ3) is 3.12. The van der Waals surface area contributed by atoms with E-state index in [0.29, 0.717) is 17.1 Å². The van der Waals surface area contributed by atoms with E-state index in [9.17, 15) is 4.79 Å². The Kier molecular flexibility index (Phi) is 4.39. The van der Waals surface area contributed by atoms with Crippen molar-refractivity contribution in [2.75, 3.05) is 6.79 Å². The molecule has 1 aliphatic rings. The van der Waals surface area contributed by atoms with Crippen LogP contribution in [0.25, 0.3) is 0 Å². The Morgan fingerprint density at radius 1 is 1.32 bits per heavy atom. The second-order valence-electron chi connectivity index (χ2n) is 4.79. The molecular formula is C16H16N2O3S. The summed E-state index contributed by atoms with van der Waals surface area (Å²) in [5.74, 6) is 0.984. The van der Waals surface area contributed by atoms with Gasteiger partial charge in [0.1, 0.15) is 0 Å². The molecule has 0 spiro atoms. The van der Waals surface area contributed by atoms with E-state index in [0.717, 1.165) is 23.4 Å². The molecule has 0 fully saturated rings. The third-order valence-corrected chi connectivity index (χ3v) is 4.14. The summed E-state index contributed by atoms with van der Waals surface area (Å²) in [5.41, 5.74) is 4.01. The summed E-state index contributed by atoms with van der Waals surface area (Å²) in [6.45, 7) is 2.28. The summed E-state index contributed by atoms with van der Waals surface area (Å²) >= 11 is 1.62. The molecule has 6 heteroatoms. The van der Waals surface area contributed by atoms with Gasteiger partial charge in [-0.1, -0.05) is 19.4 Å². The van der Waals surface area contributed by atoms with Gasteiger partial charge in [-0.2, -0.15) is 5.10 Å². The molecule has 0 atom stereocenters. The Labute approximate surface area is 132 Å². The van der Waals surface area contributed by atoms with Crippen LogP contribution in [0.15, 0.2) is 40.8 Å². The van der Waals surface area contributed by atoms with Gasteiger partial charge < -0.3 is 9.47 Å². The van der Waals surface area contributed by atoms with Gasteiger partial charge in [-0.05, 0) is 36.1 Å². The molecule has 114 valence electrons. The van der Waals surface area contributed by atoms with Crippen LogP contribution in [0, 0.1) is 0 Å². The molecule has 1 aromatic heterocycles. The monoisotopic (exact) mass is 316 g/mol. The minimum absolute atomic E-state index is 0.192. The lowest BCUT2D eigenvalue weighted by Gasteiger charge is -2.05. The van der Waals surface area contributed by atoms with E-state index in [4.69, 9.17) is 9.47 Å². The zero-order valence-electron chi connectivity index (χ0n) is 12.2. The van der Waals surface area contributed by atoms with Crippen molar-refractivity contribution in [3.05, 3.63) is 46.2 Å². The number of hydrazone groups is 1. The Morgan fingerprint density at radius 2 is 2.18 bits per heavy atom. The number of hydrogen-bond donors (Lipinski definition) is 1. The Balaban J connectivity index is 1.74. The number of nitrogens with one attached hydrogen (secondary N) is 1. The van der Waals surface area contributed by atoms with Crippen LogP contribution in [0.2, 0.25) is 0 Å². The van der Waals surface area contributed by atoms with Crippen molar-refractivity contribution in [2.45, 2.75) is 19.8 Å². The molecule has 1 N–H and O–H groups in total. The molecule has 0 bridgehead atoms. The molecule has 22 heavy (non-hydrogen) atoms. The van der Waals surface area contributed by atoms with Crippen LogP contribution in [0.5, 0.6) is 11.5 Å². The highest BCUT2D eigenvalue weighted by molar-refractivity contribution is 7.12. The first-order valence-corrected chi connectivity index (χ1v) is 7.96. The zero-order chi connectivity index (χ0) is 15.4. The van der Waals surface area contributed by atoms with Crippen LogP contribution in [0.3, 0.4) is 0 Å². The van der Waals surface area contributed by atoms with Crippen molar-refractivity contribution in [3.8, 4) is 11.5 Å². The van der Waals surface area contributed by atoms with Gasteiger partial charge in [0, 0.05) is 5.56 Å². The average molecular weight is 316 g/mol. The molecule has 0 unspecified atom stereocenters. The largest absolute Gasteiger partial charge is 0.454 e. The maximum absolute atomic E-state index is 12.2. The summed E-state index contributed by atoms with van der Waals surface area (Å²) in [5, 5.41) is 6.28. The maximum Gasteiger partial charge on any atom is 0.271 e. The lowest BCUT2D eigenvalue weighted by atomic mass is 10.2. The molecule has 2 aromatic rings. The van der Waals surface area contributed by atoms with Crippen LogP contribution < -0.4 is 14.9 Å². The first-order chi connectivity index (χ1) is 10.8. The normalized spacial score (nSPS) is 13.2. The highest BCUT2D eigenvalue weighted by Gasteiger charge is 2.16. The second kappa shape index (κ2) is 6.62. The van der Waals surface area contributed by atoms with Gasteiger partial charge in [0.15, 0.2) is 11.5 Å². The summed E-state index contributed by atoms with van der Waals surface area (Å²) in [4.78, 5) is 13.3. The quantitative estimate of drug-likeness (QED) is 0.679. The number of thiophene rings is 1. The predicted octanol–water partition coefficient (Wildman–Crippen LogP) is 3.41. The Bertz CT molecular complexity index is 695. The van der Waals surface area contributed by atoms with E-state index in [1.165, 1.54) is 0 Å². The van der Waals surface area contributed by atoms with E-state index >= 15 is 0 Å². The number of carbonyl (C=O) groups excluding carboxylic acids is 1. The second-order valence-corrected chi connectivity index (χ2v) is 5.74. The molecule has 0 saturated heterocycles. The minimum atomic E-state index is -0.261. The molecule has 0 aliphatic carbocycles. The number of ether oxygens (including phenoxy) is 2. The number of nitrogens with zero attached hydrogens (tertiary/aromatic N) is 1. The number of amides is 1. The molecule has 2 heterocycles. The highest BCUT2D eigenvalue weighted by Crippen LogP contribution is 2.32. The van der Waals surface area contributed by atoms with Gasteiger partial charge in [0.25, 0.3) is 5.91 Å². The van der Waals surface area contributed by atoms with Crippen molar-refractivity contribution in [2.24, 2.45) is 5.10 Å². The van der Waals surface area contributed by atoms with E-state index in [1.54, 1.807) is 29.5 Å². The SMILES string of the molecule is CCCC(=NNC(=O)c1ccc2c(c1)OCO2)c1cccs1. The van der Waals surface area contributed by atoms with E-state index in [1.807, 2.05) is 17.5 Å². The van der Waals surface area contributed by atoms with Crippen molar-refractivity contribution in [1.29, 1.82) is 0 Å². The summed E-state index contributed by atoms with van der Waals surface area (Å²) in [6, 6.07) is 9.07. The van der Waals surface area contributed by atoms with E-state index in [2.05, 4.69) is 17.5 Å². The first-order valence-electron chi connectivity index (χ1n) is 7.08. The molecule has 1 aromatic carbocycles. The van der Waals surface area contributed by atoms with Crippen molar-refractivity contribution >= 4 is 23.0 Å². The molecule has 3 rings (SSSR count). The number of fused-ring (bicyclic) bond motifs is 1. The number of rotatable bonds is 5. The van der Waals surface area contributed by atoms with Gasteiger partial charge in [0.05, 0.1) is 10.6 Å². The van der Waals surface area contributed by atoms with Gasteiger partial charge in [-0.15, -0.1) is 11.3 Å². The fourth-order valence-corrected chi connectivity index (χ4v) is 2.88. The standard InChI is InChI=1S/C16H16N2O3S/c1-2-4-12(15-5-3-8-22-15)17-18-16(19)11-6-7-13-14(9-11)21-10-20-13/h3,5-9H,2,4,10H2,1H3,(H,18,19). The summed E-state index contributed by atoms with van der Waals surface area (Å²) in [7, 11) is 0. The van der Waals surface area contributed by atoms with Gasteiger partial charge >= 0.3 is 0 Å². The van der Waals surface area contributed by atoms with Crippen LogP contribution >= 0.6 is 11.3 Å². The Morgan fingerprint density at radius 3 is 2.95 bits per heavy atom. The molecule has 1 aliphatic heterocycles. The third-order valence-electron chi connectivity index (χ3n) is 3.22. The first kappa shape index (κ1) is 14.6. The van der Waals surface area contributed by atoms with Gasteiger partial charge in [0.2, 0.25) is 6.79 Å². The van der Waals surface area contributed by atoms with Gasteiger partial charge in [-0.3, -0.25) is 4.79 Å². The lowest BCUT2D eigenvalue weighted by Crippen LogP contribution is -2.19. The fourth-order valence-electron chi connectivity index (χ4n) is 2.13. The summed E-state index contributed by atoms with van der Waals surface area (Å²) in [6.07, 6.45) is 1.79. The van der Waals surface area contributed by atoms with Crippen molar-refractivity contribution in [1.82, 2.24) is 5.43 Å². The molecular weight excluding hydrogens is 300 g/mol. The minimum Gasteiger partial charge on any atom is -0.454 e. The zero-order valence-corrected chi connectivity index (χ0v) is 13.0. The fraction of sp³-hybridized carbons (Fsp3) is 0.250.